The van der Waals surface area contributed by atoms with Crippen molar-refractivity contribution in [2.75, 3.05) is 114 Å². The van der Waals surface area contributed by atoms with Crippen molar-refractivity contribution in [3.63, 3.8) is 0 Å². The number of benzene rings is 5. The molecule has 25 heteroatoms. The van der Waals surface area contributed by atoms with Gasteiger partial charge < -0.3 is 40.5 Å². The highest BCUT2D eigenvalue weighted by Crippen LogP contribution is 2.45. The van der Waals surface area contributed by atoms with E-state index in [1.807, 2.05) is 107 Å². The fourth-order valence-corrected chi connectivity index (χ4v) is 20.8. The first-order valence-electron chi connectivity index (χ1n) is 39.7. The van der Waals surface area contributed by atoms with E-state index >= 15 is 0 Å². The Hall–Kier alpha value is -6.84. The fraction of sp³-hybridized carbons (Fsp3) is 0.535. The van der Waals surface area contributed by atoms with Crippen LogP contribution in [0.5, 0.6) is 0 Å². The number of sulfone groups is 2. The van der Waals surface area contributed by atoms with Crippen LogP contribution in [0.1, 0.15) is 163 Å². The van der Waals surface area contributed by atoms with E-state index in [2.05, 4.69) is 71.7 Å². The number of piperidine rings is 1. The van der Waals surface area contributed by atoms with Crippen molar-refractivity contribution < 1.29 is 50.7 Å². The molecule has 6 aromatic rings. The summed E-state index contributed by atoms with van der Waals surface area (Å²) in [6, 6.07) is 35.7. The second kappa shape index (κ2) is 39.0. The second-order valence-electron chi connectivity index (χ2n) is 32.8. The highest BCUT2D eigenvalue weighted by Gasteiger charge is 2.45. The highest BCUT2D eigenvalue weighted by atomic mass is 35.5. The summed E-state index contributed by atoms with van der Waals surface area (Å²) >= 11 is 9.74. The van der Waals surface area contributed by atoms with E-state index in [1.165, 1.54) is 33.7 Å². The van der Waals surface area contributed by atoms with E-state index in [-0.39, 0.29) is 75.9 Å². The zero-order valence-corrected chi connectivity index (χ0v) is 69.8. The number of carbonyl (C=O) groups excluding carboxylic acids is 5. The number of unbranched alkanes of at least 4 members (excludes halogenated alkanes) is 4. The van der Waals surface area contributed by atoms with Crippen LogP contribution in [-0.4, -0.2) is 210 Å². The predicted octanol–water partition coefficient (Wildman–Crippen LogP) is 13.0. The maximum absolute atomic E-state index is 14.3. The molecule has 1 aliphatic carbocycles. The number of aliphatic hydroxyl groups excluding tert-OH is 1. The number of ether oxygens (including phenoxy) is 1. The van der Waals surface area contributed by atoms with Gasteiger partial charge in [0, 0.05) is 124 Å². The molecule has 0 bridgehead atoms. The molecule has 11 rings (SSSR count). The van der Waals surface area contributed by atoms with Crippen molar-refractivity contribution in [2.45, 2.75) is 183 Å². The molecule has 4 fully saturated rings. The summed E-state index contributed by atoms with van der Waals surface area (Å²) < 4.78 is 60.5. The van der Waals surface area contributed by atoms with Crippen LogP contribution in [0, 0.1) is 23.7 Å². The molecular weight excluding hydrogens is 1500 g/mol. The summed E-state index contributed by atoms with van der Waals surface area (Å²) in [5, 5.41) is 20.9. The molecule has 4 N–H and O–H groups in total. The van der Waals surface area contributed by atoms with Crippen LogP contribution in [0.4, 0.5) is 5.69 Å². The minimum atomic E-state index is -4.22. The van der Waals surface area contributed by atoms with Crippen LogP contribution in [-0.2, 0) is 50.0 Å². The van der Waals surface area contributed by atoms with Gasteiger partial charge in [0.1, 0.15) is 17.8 Å². The molecule has 111 heavy (non-hydrogen) atoms. The zero-order chi connectivity index (χ0) is 79.0. The Bertz CT molecular complexity index is 4410. The molecule has 7 atom stereocenters. The molecule has 0 spiro atoms. The zero-order valence-electron chi connectivity index (χ0n) is 65.7. The van der Waals surface area contributed by atoms with Crippen LogP contribution in [0.15, 0.2) is 147 Å². The number of aryl methyl sites for hydroxylation is 1. The third kappa shape index (κ3) is 24.1. The summed E-state index contributed by atoms with van der Waals surface area (Å²) in [5.41, 5.74) is 9.88. The van der Waals surface area contributed by atoms with Crippen LogP contribution in [0.3, 0.4) is 0 Å². The Balaban J connectivity index is 0.607. The predicted molar refractivity (Wildman–Crippen MR) is 444 cm³/mol. The number of nitrogens with zero attached hydrogens (tertiary/aromatic N) is 6. The Morgan fingerprint density at radius 1 is 0.784 bits per heavy atom. The van der Waals surface area contributed by atoms with Gasteiger partial charge in [-0.25, -0.2) is 21.8 Å². The van der Waals surface area contributed by atoms with E-state index in [1.54, 1.807) is 41.3 Å². The average molecular weight is 1610 g/mol. The number of likely N-dealkylation sites (tertiary alicyclic amines) is 2. The van der Waals surface area contributed by atoms with Crippen molar-refractivity contribution in [3.8, 4) is 10.4 Å². The minimum Gasteiger partial charge on any atom is -0.391 e. The standard InChI is InChI=1S/C86H114ClN9O11S4/c1-60(63-22-24-66(25-23-63)81-61(2)88-59-109-81)89-83(101)76-50-72(97)55-96(76)84(102)82(85(3,4)5)91-80(100)21-15-10-8-9-14-20-79(99)90-70-17-16-39-94(54-70)58-86(6)38-36-75(64-26-31-69(87)32-27-64)68(52-86)53-93-41-43-95(44-42-93)71-33-28-65(29-34-71)77(98)57-111(105,106)74-35-30-67(78(51-74)110(7,103)104)49-62(37-40-92-45-47-107-48-46-92)56-108-73-18-12-11-13-19-73/h11-13,18-19,22-35,51,59-60,62,70,72,76,82,97H,8-10,14-17,20-21,36-50,52-58H2,1-7H3,(H,89,101)(H,90,99)(H,91,100)/t60-,62-,70-,72+,76-,82+,86?/m0/s1. The number of aliphatic hydroxyl groups is 1. The van der Waals surface area contributed by atoms with Gasteiger partial charge in [0.15, 0.2) is 25.5 Å². The molecule has 1 aromatic heterocycles. The van der Waals surface area contributed by atoms with E-state index < -0.39 is 60.7 Å². The normalized spacial score (nSPS) is 20.7. The van der Waals surface area contributed by atoms with E-state index in [0.717, 1.165) is 180 Å². The topological polar surface area (TPSA) is 248 Å². The quantitative estimate of drug-likeness (QED) is 0.0167. The summed E-state index contributed by atoms with van der Waals surface area (Å²) in [4.78, 5) is 86.4. The van der Waals surface area contributed by atoms with Gasteiger partial charge in [-0.05, 0) is 190 Å². The number of thiazole rings is 1. The lowest BCUT2D eigenvalue weighted by atomic mass is 9.71. The number of morpholine rings is 1. The Morgan fingerprint density at radius 2 is 1.47 bits per heavy atom. The summed E-state index contributed by atoms with van der Waals surface area (Å²) in [6.45, 7) is 22.6. The van der Waals surface area contributed by atoms with Crippen LogP contribution in [0.2, 0.25) is 5.02 Å². The second-order valence-corrected chi connectivity index (χ2v) is 39.2. The first-order chi connectivity index (χ1) is 53.0. The van der Waals surface area contributed by atoms with Crippen LogP contribution >= 0.6 is 34.7 Å². The van der Waals surface area contributed by atoms with Crippen molar-refractivity contribution in [3.05, 3.63) is 165 Å². The Labute approximate surface area is 671 Å². The molecule has 4 amide bonds. The van der Waals surface area contributed by atoms with Crippen molar-refractivity contribution >= 4 is 95.0 Å². The maximum Gasteiger partial charge on any atom is 0.246 e. The van der Waals surface area contributed by atoms with Crippen molar-refractivity contribution in [2.24, 2.45) is 16.7 Å². The first-order valence-corrected chi connectivity index (χ1v) is 45.5. The van der Waals surface area contributed by atoms with Crippen molar-refractivity contribution in [1.82, 2.24) is 40.5 Å². The Morgan fingerprint density at radius 3 is 2.14 bits per heavy atom. The number of carbonyl (C=O) groups is 5. The number of allylic oxidation sites excluding steroid dienone is 1. The molecule has 0 saturated carbocycles. The number of piperazine rings is 1. The molecule has 5 heterocycles. The van der Waals surface area contributed by atoms with E-state index in [9.17, 15) is 45.9 Å². The first kappa shape index (κ1) is 85.1. The van der Waals surface area contributed by atoms with Gasteiger partial charge in [-0.1, -0.05) is 125 Å². The molecule has 4 aliphatic heterocycles. The monoisotopic (exact) mass is 1610 g/mol. The minimum absolute atomic E-state index is 0.00184. The van der Waals surface area contributed by atoms with Crippen LogP contribution < -0.4 is 20.9 Å². The molecule has 20 nitrogen and oxygen atoms in total. The lowest BCUT2D eigenvalue weighted by Crippen LogP contribution is -2.57. The number of hydrogen-bond acceptors (Lipinski definition) is 18. The van der Waals surface area contributed by atoms with Gasteiger partial charge in [-0.3, -0.25) is 33.8 Å². The molecule has 5 aliphatic rings. The molecule has 4 saturated heterocycles. The molecule has 5 aromatic carbocycles. The highest BCUT2D eigenvalue weighted by molar-refractivity contribution is 7.99. The summed E-state index contributed by atoms with van der Waals surface area (Å²) in [7, 11) is -8.07. The number of anilines is 1. The third-order valence-electron chi connectivity index (χ3n) is 22.7. The molecule has 1 unspecified atom stereocenters. The number of ketones is 1. The number of halogens is 1. The molecule has 0 radical (unpaired) electrons. The smallest absolute Gasteiger partial charge is 0.246 e. The van der Waals surface area contributed by atoms with Gasteiger partial charge in [0.25, 0.3) is 0 Å². The summed E-state index contributed by atoms with van der Waals surface area (Å²) in [5.74, 6) is -1.42. The van der Waals surface area contributed by atoms with Crippen LogP contribution in [0.25, 0.3) is 16.0 Å². The lowest BCUT2D eigenvalue weighted by Gasteiger charge is -2.44. The maximum atomic E-state index is 14.3. The van der Waals surface area contributed by atoms with Gasteiger partial charge in [0.05, 0.1) is 51.2 Å². The lowest BCUT2D eigenvalue weighted by molar-refractivity contribution is -0.144. The number of nitrogens with one attached hydrogen (secondary N) is 3. The number of β-amino-alcohol motifs (C(OH)–C–C–N with tert-alkyl or cyclic N) is 1. The third-order valence-corrected chi connectivity index (χ3v) is 28.0. The van der Waals surface area contributed by atoms with Gasteiger partial charge in [-0.2, -0.15) is 0 Å². The number of Topliss-reactive ketones (excluding diaryl/α,β-unsaturated/α-hetero) is 1. The molecule has 600 valence electrons. The number of aromatic nitrogens is 1. The Kier molecular flexibility index (Phi) is 29.9. The van der Waals surface area contributed by atoms with Crippen molar-refractivity contribution in [1.29, 1.82) is 0 Å². The van der Waals surface area contributed by atoms with Gasteiger partial charge in [0.2, 0.25) is 23.6 Å². The van der Waals surface area contributed by atoms with Gasteiger partial charge in [-0.15, -0.1) is 23.1 Å². The van der Waals surface area contributed by atoms with Gasteiger partial charge >= 0.3 is 0 Å². The number of thioether (sulfide) groups is 1. The number of amides is 4. The molecular formula is C86H114ClN9O11S4. The van der Waals surface area contributed by atoms with E-state index in [0.29, 0.717) is 43.1 Å². The number of hydrogen-bond donors (Lipinski definition) is 4. The largest absolute Gasteiger partial charge is 0.391 e. The average Bonchev–Trinajstić information content (AvgIpc) is 1.34. The van der Waals surface area contributed by atoms with E-state index in [4.69, 9.17) is 16.3 Å². The SMILES string of the molecule is Cc1ncsc1-c1ccc([C@H](C)NC(=O)[C@@H]2C[C@@H](O)CN2C(=O)[C@@H](NC(=O)CCCCCCCC(=O)N[C@H]2CCCN(CC3(C)CCC(c4ccc(Cl)cc4)=C(CN4CCN(c5ccc(C(=O)CS(=O)(=O)c6ccc(C[C@H](CCN7CCOCC7)CSc7ccccc7)c(S(C)(=O)=O)c6)cc5)CC4)C3)C2)C(C)(C)C)cc1. The summed E-state index contributed by atoms with van der Waals surface area (Å²) in [6.07, 6.45) is 11.1. The number of rotatable bonds is 34. The fourth-order valence-electron chi connectivity index (χ4n) is 16.5.